The molecule has 6 nitrogen and oxygen atoms in total. The first-order valence-electron chi connectivity index (χ1n) is 11.0. The Labute approximate surface area is 200 Å². The molecular formula is C27H27NO5S. The van der Waals surface area contributed by atoms with Gasteiger partial charge in [-0.05, 0) is 57.5 Å². The van der Waals surface area contributed by atoms with Crippen molar-refractivity contribution < 1.29 is 22.7 Å². The molecule has 3 aromatic rings. The molecule has 0 bridgehead atoms. The Morgan fingerprint density at radius 2 is 1.47 bits per heavy atom. The van der Waals surface area contributed by atoms with Crippen molar-refractivity contribution in [3.05, 3.63) is 95.6 Å². The molecule has 176 valence electrons. The summed E-state index contributed by atoms with van der Waals surface area (Å²) in [4.78, 5) is 27.1. The van der Waals surface area contributed by atoms with Crippen molar-refractivity contribution in [2.24, 2.45) is 5.92 Å². The Morgan fingerprint density at radius 1 is 0.882 bits per heavy atom. The van der Waals surface area contributed by atoms with Crippen LogP contribution in [0.3, 0.4) is 0 Å². The van der Waals surface area contributed by atoms with Gasteiger partial charge in [-0.2, -0.15) is 0 Å². The molecule has 1 aliphatic rings. The van der Waals surface area contributed by atoms with Gasteiger partial charge < -0.3 is 4.74 Å². The quantitative estimate of drug-likeness (QED) is 0.386. The summed E-state index contributed by atoms with van der Waals surface area (Å²) in [6.07, 6.45) is 0. The van der Waals surface area contributed by atoms with Crippen LogP contribution in [0, 0.1) is 12.8 Å². The summed E-state index contributed by atoms with van der Waals surface area (Å²) < 4.78 is 35.0. The predicted octanol–water partition coefficient (Wildman–Crippen LogP) is 5.09. The number of hydrogen-bond donors (Lipinski definition) is 0. The standard InChI is InChI=1S/C27H27NO5S/c1-18-14-16-20(17-15-18)34(31,32)28-22-13-9-8-12-21(22)25(29)23(26(30)33-27(2,3)4)24(28)19-10-6-5-7-11-19/h5-17,23-24H,1-4H3/t23?,24-/m1/s1. The number of Topliss-reactive ketones (excluding diaryl/α,β-unsaturated/α-hetero) is 1. The van der Waals surface area contributed by atoms with Crippen molar-refractivity contribution in [3.8, 4) is 0 Å². The summed E-state index contributed by atoms with van der Waals surface area (Å²) in [5.41, 5.74) is 0.996. The van der Waals surface area contributed by atoms with Gasteiger partial charge in [0.1, 0.15) is 11.5 Å². The summed E-state index contributed by atoms with van der Waals surface area (Å²) in [5, 5.41) is 0. The summed E-state index contributed by atoms with van der Waals surface area (Å²) in [6.45, 7) is 7.01. The Balaban J connectivity index is 1.99. The van der Waals surface area contributed by atoms with Crippen LogP contribution in [0.4, 0.5) is 5.69 Å². The number of para-hydroxylation sites is 1. The SMILES string of the molecule is Cc1ccc(S(=O)(=O)N2c3ccccc3C(=O)C(C(=O)OC(C)(C)C)[C@H]2c2ccccc2)cc1. The first-order chi connectivity index (χ1) is 16.0. The van der Waals surface area contributed by atoms with E-state index in [1.54, 1.807) is 87.5 Å². The molecule has 0 aliphatic carbocycles. The number of fused-ring (bicyclic) bond motifs is 1. The number of nitrogens with zero attached hydrogens (tertiary/aromatic N) is 1. The zero-order valence-corrected chi connectivity index (χ0v) is 20.4. The first kappa shape index (κ1) is 23.7. The van der Waals surface area contributed by atoms with Gasteiger partial charge >= 0.3 is 5.97 Å². The molecule has 1 unspecified atom stereocenters. The number of anilines is 1. The van der Waals surface area contributed by atoms with Crippen molar-refractivity contribution in [2.45, 2.75) is 44.2 Å². The Bertz CT molecular complexity index is 1330. The number of benzene rings is 3. The zero-order chi connectivity index (χ0) is 24.7. The molecule has 0 amide bonds. The second-order valence-electron chi connectivity index (χ2n) is 9.36. The van der Waals surface area contributed by atoms with E-state index >= 15 is 0 Å². The number of sulfonamides is 1. The van der Waals surface area contributed by atoms with E-state index in [4.69, 9.17) is 4.74 Å². The molecule has 0 radical (unpaired) electrons. The van der Waals surface area contributed by atoms with E-state index in [0.29, 0.717) is 5.56 Å². The molecule has 1 heterocycles. The van der Waals surface area contributed by atoms with Crippen LogP contribution < -0.4 is 4.31 Å². The van der Waals surface area contributed by atoms with E-state index in [1.165, 1.54) is 16.4 Å². The van der Waals surface area contributed by atoms with Crippen LogP contribution >= 0.6 is 0 Å². The van der Waals surface area contributed by atoms with E-state index in [9.17, 15) is 18.0 Å². The van der Waals surface area contributed by atoms with E-state index < -0.39 is 39.3 Å². The highest BCUT2D eigenvalue weighted by molar-refractivity contribution is 7.92. The molecule has 3 aromatic carbocycles. The lowest BCUT2D eigenvalue weighted by Crippen LogP contribution is -2.49. The Kier molecular flexibility index (Phi) is 6.08. The van der Waals surface area contributed by atoms with Crippen LogP contribution in [0.5, 0.6) is 0 Å². The van der Waals surface area contributed by atoms with Crippen LogP contribution in [0.25, 0.3) is 0 Å². The van der Waals surface area contributed by atoms with Gasteiger partial charge in [-0.15, -0.1) is 0 Å². The third-order valence-corrected chi connectivity index (χ3v) is 7.45. The number of ketones is 1. The van der Waals surface area contributed by atoms with Gasteiger partial charge in [-0.25, -0.2) is 8.42 Å². The van der Waals surface area contributed by atoms with E-state index in [2.05, 4.69) is 0 Å². The van der Waals surface area contributed by atoms with Gasteiger partial charge in [-0.3, -0.25) is 13.9 Å². The molecule has 0 fully saturated rings. The van der Waals surface area contributed by atoms with Gasteiger partial charge in [0.2, 0.25) is 0 Å². The molecule has 0 spiro atoms. The fourth-order valence-electron chi connectivity index (χ4n) is 4.15. The number of carbonyl (C=O) groups excluding carboxylic acids is 2. The lowest BCUT2D eigenvalue weighted by molar-refractivity contribution is -0.158. The number of esters is 1. The maximum atomic E-state index is 14.1. The van der Waals surface area contributed by atoms with Crippen molar-refractivity contribution in [1.82, 2.24) is 0 Å². The molecule has 0 saturated carbocycles. The molecule has 0 saturated heterocycles. The van der Waals surface area contributed by atoms with Crippen LogP contribution in [0.1, 0.15) is 48.3 Å². The second-order valence-corrected chi connectivity index (χ2v) is 11.2. The monoisotopic (exact) mass is 477 g/mol. The first-order valence-corrected chi connectivity index (χ1v) is 12.5. The van der Waals surface area contributed by atoms with Gasteiger partial charge in [0, 0.05) is 5.56 Å². The smallest absolute Gasteiger partial charge is 0.319 e. The van der Waals surface area contributed by atoms with Crippen LogP contribution in [0.2, 0.25) is 0 Å². The minimum atomic E-state index is -4.15. The number of hydrogen-bond acceptors (Lipinski definition) is 5. The molecule has 1 aliphatic heterocycles. The minimum absolute atomic E-state index is 0.0751. The minimum Gasteiger partial charge on any atom is -0.459 e. The third-order valence-electron chi connectivity index (χ3n) is 5.64. The van der Waals surface area contributed by atoms with Gasteiger partial charge in [0.15, 0.2) is 5.78 Å². The maximum Gasteiger partial charge on any atom is 0.319 e. The highest BCUT2D eigenvalue weighted by atomic mass is 32.2. The fraction of sp³-hybridized carbons (Fsp3) is 0.259. The Morgan fingerprint density at radius 3 is 2.09 bits per heavy atom. The highest BCUT2D eigenvalue weighted by Crippen LogP contribution is 2.46. The van der Waals surface area contributed by atoms with E-state index in [-0.39, 0.29) is 16.1 Å². The zero-order valence-electron chi connectivity index (χ0n) is 19.6. The maximum absolute atomic E-state index is 14.1. The van der Waals surface area contributed by atoms with Crippen molar-refractivity contribution >= 4 is 27.5 Å². The van der Waals surface area contributed by atoms with Gasteiger partial charge in [-0.1, -0.05) is 60.2 Å². The van der Waals surface area contributed by atoms with Crippen molar-refractivity contribution in [1.29, 1.82) is 0 Å². The van der Waals surface area contributed by atoms with Crippen LogP contribution in [-0.4, -0.2) is 25.8 Å². The largest absolute Gasteiger partial charge is 0.459 e. The van der Waals surface area contributed by atoms with E-state index in [0.717, 1.165) is 5.56 Å². The third kappa shape index (κ3) is 4.35. The summed E-state index contributed by atoms with van der Waals surface area (Å²) in [7, 11) is -4.15. The molecule has 34 heavy (non-hydrogen) atoms. The predicted molar refractivity (Wildman–Crippen MR) is 130 cm³/mol. The highest BCUT2D eigenvalue weighted by Gasteiger charge is 2.50. The molecule has 0 N–H and O–H groups in total. The second kappa shape index (κ2) is 8.72. The van der Waals surface area contributed by atoms with Crippen molar-refractivity contribution in [3.63, 3.8) is 0 Å². The summed E-state index contributed by atoms with van der Waals surface area (Å²) in [5.74, 6) is -2.59. The summed E-state index contributed by atoms with van der Waals surface area (Å²) in [6, 6.07) is 20.6. The van der Waals surface area contributed by atoms with Gasteiger partial charge in [0.25, 0.3) is 10.0 Å². The number of ether oxygens (including phenoxy) is 1. The number of carbonyl (C=O) groups is 2. The number of aryl methyl sites for hydroxylation is 1. The normalized spacial score (nSPS) is 18.4. The topological polar surface area (TPSA) is 80.8 Å². The molecule has 2 atom stereocenters. The Hall–Kier alpha value is -3.45. The average molecular weight is 478 g/mol. The van der Waals surface area contributed by atoms with Crippen LogP contribution in [-0.2, 0) is 19.6 Å². The summed E-state index contributed by atoms with van der Waals surface area (Å²) >= 11 is 0. The van der Waals surface area contributed by atoms with Crippen LogP contribution in [0.15, 0.2) is 83.8 Å². The lowest BCUT2D eigenvalue weighted by atomic mass is 9.82. The van der Waals surface area contributed by atoms with E-state index in [1.807, 2.05) is 6.92 Å². The van der Waals surface area contributed by atoms with Gasteiger partial charge in [0.05, 0.1) is 16.6 Å². The number of rotatable bonds is 4. The fourth-order valence-corrected chi connectivity index (χ4v) is 5.82. The van der Waals surface area contributed by atoms with Crippen molar-refractivity contribution in [2.75, 3.05) is 4.31 Å². The molecular weight excluding hydrogens is 450 g/mol. The molecule has 4 rings (SSSR count). The lowest BCUT2D eigenvalue weighted by Gasteiger charge is -2.41. The molecule has 7 heteroatoms. The molecule has 0 aromatic heterocycles. The average Bonchev–Trinajstić information content (AvgIpc) is 2.78.